The topological polar surface area (TPSA) is 61.0 Å². The maximum atomic E-state index is 13.4. The molecule has 0 fully saturated rings. The van der Waals surface area contributed by atoms with Crippen LogP contribution >= 0.6 is 0 Å². The van der Waals surface area contributed by atoms with Crippen molar-refractivity contribution < 1.29 is 13.7 Å². The molecule has 0 unspecified atom stereocenters. The van der Waals surface area contributed by atoms with Gasteiger partial charge in [0.2, 0.25) is 11.8 Å². The summed E-state index contributed by atoms with van der Waals surface area (Å²) in [6.45, 7) is 1.81. The number of aryl methyl sites for hydroxylation is 1. The van der Waals surface area contributed by atoms with Crippen molar-refractivity contribution in [3.8, 4) is 34.3 Å². The lowest BCUT2D eigenvalue weighted by molar-refractivity contribution is 0.431. The molecule has 4 aromatic rings. The first-order valence-corrected chi connectivity index (χ1v) is 7.98. The predicted molar refractivity (Wildman–Crippen MR) is 94.2 cm³/mol. The average Bonchev–Trinajstić information content (AvgIpc) is 3.15. The Kier molecular flexibility index (Phi) is 4.15. The number of rotatable bonds is 4. The maximum absolute atomic E-state index is 13.4. The zero-order chi connectivity index (χ0) is 17.9. The van der Waals surface area contributed by atoms with Crippen molar-refractivity contribution in [3.63, 3.8) is 0 Å². The molecule has 0 spiro atoms. The van der Waals surface area contributed by atoms with E-state index in [4.69, 9.17) is 9.26 Å². The summed E-state index contributed by atoms with van der Waals surface area (Å²) in [6.07, 6.45) is 1.43. The van der Waals surface area contributed by atoms with Crippen LogP contribution in [0.4, 0.5) is 4.39 Å². The molecule has 0 N–H and O–H groups in total. The first kappa shape index (κ1) is 16.0. The fraction of sp³-hybridized carbons (Fsp3) is 0.0500. The van der Waals surface area contributed by atoms with Gasteiger partial charge in [-0.15, -0.1) is 0 Å². The van der Waals surface area contributed by atoms with Gasteiger partial charge in [-0.1, -0.05) is 35.5 Å². The van der Waals surface area contributed by atoms with E-state index in [1.165, 1.54) is 12.3 Å². The second-order valence-electron chi connectivity index (χ2n) is 5.69. The Morgan fingerprint density at radius 3 is 2.62 bits per heavy atom. The zero-order valence-corrected chi connectivity index (χ0v) is 13.9. The van der Waals surface area contributed by atoms with Crippen molar-refractivity contribution in [2.45, 2.75) is 6.92 Å². The van der Waals surface area contributed by atoms with Crippen LogP contribution in [0.2, 0.25) is 0 Å². The highest BCUT2D eigenvalue weighted by molar-refractivity contribution is 5.62. The third-order valence-electron chi connectivity index (χ3n) is 3.80. The van der Waals surface area contributed by atoms with Gasteiger partial charge in [-0.05, 0) is 36.8 Å². The molecule has 0 aliphatic rings. The molecule has 2 aromatic heterocycles. The Bertz CT molecular complexity index is 1050. The number of hydrogen-bond donors (Lipinski definition) is 0. The van der Waals surface area contributed by atoms with Crippen molar-refractivity contribution in [2.75, 3.05) is 0 Å². The van der Waals surface area contributed by atoms with Gasteiger partial charge < -0.3 is 9.26 Å². The molecule has 0 amide bonds. The zero-order valence-electron chi connectivity index (χ0n) is 13.9. The van der Waals surface area contributed by atoms with E-state index >= 15 is 0 Å². The summed E-state index contributed by atoms with van der Waals surface area (Å²) >= 11 is 0. The number of hydrogen-bond acceptors (Lipinski definition) is 5. The van der Waals surface area contributed by atoms with Gasteiger partial charge in [0, 0.05) is 23.4 Å². The quantitative estimate of drug-likeness (QED) is 0.484. The van der Waals surface area contributed by atoms with Gasteiger partial charge in [-0.3, -0.25) is 0 Å². The van der Waals surface area contributed by atoms with E-state index in [0.717, 1.165) is 16.9 Å². The molecule has 5 nitrogen and oxygen atoms in total. The van der Waals surface area contributed by atoms with Gasteiger partial charge >= 0.3 is 0 Å². The van der Waals surface area contributed by atoms with Crippen LogP contribution in [0.25, 0.3) is 22.8 Å². The highest BCUT2D eigenvalue weighted by atomic mass is 19.1. The minimum absolute atomic E-state index is 0.244. The van der Waals surface area contributed by atoms with Gasteiger partial charge in [-0.2, -0.15) is 9.37 Å². The minimum atomic E-state index is -0.594. The second-order valence-corrected chi connectivity index (χ2v) is 5.69. The standard InChI is InChI=1S/C20H14FN3O2/c1-13-12-22-18(21)11-17(13)20-23-19(24-26-20)14-6-5-9-16(10-14)25-15-7-3-2-4-8-15/h2-12H,1H3. The molecule has 128 valence electrons. The Morgan fingerprint density at radius 1 is 0.962 bits per heavy atom. The second kappa shape index (κ2) is 6.76. The molecule has 0 aliphatic carbocycles. The van der Waals surface area contributed by atoms with Gasteiger partial charge in [0.15, 0.2) is 0 Å². The van der Waals surface area contributed by atoms with E-state index in [1.807, 2.05) is 54.6 Å². The summed E-state index contributed by atoms with van der Waals surface area (Å²) < 4.78 is 24.5. The van der Waals surface area contributed by atoms with Crippen LogP contribution in [0.5, 0.6) is 11.5 Å². The molecule has 0 saturated carbocycles. The van der Waals surface area contributed by atoms with Crippen LogP contribution < -0.4 is 4.74 Å². The van der Waals surface area contributed by atoms with Gasteiger partial charge in [-0.25, -0.2) is 4.98 Å². The molecule has 0 saturated heterocycles. The van der Waals surface area contributed by atoms with Crippen molar-refractivity contribution in [1.82, 2.24) is 15.1 Å². The van der Waals surface area contributed by atoms with E-state index in [0.29, 0.717) is 17.1 Å². The van der Waals surface area contributed by atoms with E-state index < -0.39 is 5.95 Å². The van der Waals surface area contributed by atoms with Crippen LogP contribution in [-0.2, 0) is 0 Å². The fourth-order valence-electron chi connectivity index (χ4n) is 2.50. The van der Waals surface area contributed by atoms with Crippen LogP contribution in [0, 0.1) is 12.9 Å². The molecule has 6 heteroatoms. The van der Waals surface area contributed by atoms with Gasteiger partial charge in [0.05, 0.1) is 0 Å². The first-order chi connectivity index (χ1) is 12.7. The monoisotopic (exact) mass is 347 g/mol. The average molecular weight is 347 g/mol. The Morgan fingerprint density at radius 2 is 1.77 bits per heavy atom. The number of para-hydroxylation sites is 1. The van der Waals surface area contributed by atoms with Gasteiger partial charge in [0.25, 0.3) is 5.89 Å². The molecule has 0 radical (unpaired) electrons. The Hall–Kier alpha value is -3.54. The smallest absolute Gasteiger partial charge is 0.258 e. The number of halogens is 1. The number of ether oxygens (including phenoxy) is 1. The number of nitrogens with zero attached hydrogens (tertiary/aromatic N) is 3. The summed E-state index contributed by atoms with van der Waals surface area (Å²) in [6, 6.07) is 18.1. The summed E-state index contributed by atoms with van der Waals surface area (Å²) in [4.78, 5) is 7.98. The molecule has 0 aliphatic heterocycles. The maximum Gasteiger partial charge on any atom is 0.258 e. The van der Waals surface area contributed by atoms with Crippen LogP contribution in [0.15, 0.2) is 71.4 Å². The van der Waals surface area contributed by atoms with Crippen molar-refractivity contribution in [1.29, 1.82) is 0 Å². The lowest BCUT2D eigenvalue weighted by Crippen LogP contribution is -1.89. The van der Waals surface area contributed by atoms with Crippen LogP contribution in [-0.4, -0.2) is 15.1 Å². The van der Waals surface area contributed by atoms with Crippen molar-refractivity contribution >= 4 is 0 Å². The molecule has 26 heavy (non-hydrogen) atoms. The Balaban J connectivity index is 1.64. The fourth-order valence-corrected chi connectivity index (χ4v) is 2.50. The van der Waals surface area contributed by atoms with E-state index in [-0.39, 0.29) is 5.89 Å². The third-order valence-corrected chi connectivity index (χ3v) is 3.80. The summed E-state index contributed by atoms with van der Waals surface area (Å²) in [5.74, 6) is 1.44. The van der Waals surface area contributed by atoms with Crippen molar-refractivity contribution in [3.05, 3.63) is 78.4 Å². The van der Waals surface area contributed by atoms with Gasteiger partial charge in [0.1, 0.15) is 11.5 Å². The lowest BCUT2D eigenvalue weighted by Gasteiger charge is -2.05. The third kappa shape index (κ3) is 3.30. The number of aromatic nitrogens is 3. The molecular formula is C20H14FN3O2. The van der Waals surface area contributed by atoms with E-state index in [2.05, 4.69) is 15.1 Å². The summed E-state index contributed by atoms with van der Waals surface area (Å²) in [5, 5.41) is 4.00. The van der Waals surface area contributed by atoms with Crippen LogP contribution in [0.3, 0.4) is 0 Å². The molecule has 2 heterocycles. The largest absolute Gasteiger partial charge is 0.457 e. The minimum Gasteiger partial charge on any atom is -0.457 e. The van der Waals surface area contributed by atoms with E-state index in [9.17, 15) is 4.39 Å². The molecule has 0 atom stereocenters. The predicted octanol–water partition coefficient (Wildman–Crippen LogP) is 5.04. The summed E-state index contributed by atoms with van der Waals surface area (Å²) in [7, 11) is 0. The SMILES string of the molecule is Cc1cnc(F)cc1-c1nc(-c2cccc(Oc3ccccc3)c2)no1. The lowest BCUT2D eigenvalue weighted by atomic mass is 10.1. The molecule has 4 rings (SSSR count). The summed E-state index contributed by atoms with van der Waals surface area (Å²) in [5.41, 5.74) is 2.01. The highest BCUT2D eigenvalue weighted by Crippen LogP contribution is 2.28. The normalized spacial score (nSPS) is 10.7. The van der Waals surface area contributed by atoms with E-state index in [1.54, 1.807) is 6.92 Å². The Labute approximate surface area is 149 Å². The molecular weight excluding hydrogens is 333 g/mol. The number of benzene rings is 2. The first-order valence-electron chi connectivity index (χ1n) is 7.98. The molecule has 0 bridgehead atoms. The highest BCUT2D eigenvalue weighted by Gasteiger charge is 2.14. The van der Waals surface area contributed by atoms with Crippen LogP contribution in [0.1, 0.15) is 5.56 Å². The molecule has 2 aromatic carbocycles. The van der Waals surface area contributed by atoms with Crippen molar-refractivity contribution in [2.24, 2.45) is 0 Å². The number of pyridine rings is 1.